The van der Waals surface area contributed by atoms with Crippen LogP contribution in [-0.2, 0) is 9.53 Å². The highest BCUT2D eigenvalue weighted by atomic mass is 16.5. The van der Waals surface area contributed by atoms with E-state index in [1.54, 1.807) is 13.0 Å². The van der Waals surface area contributed by atoms with E-state index in [2.05, 4.69) is 4.74 Å². The summed E-state index contributed by atoms with van der Waals surface area (Å²) in [5.41, 5.74) is 0. The zero-order valence-corrected chi connectivity index (χ0v) is 5.55. The molecule has 0 heterocycles. The summed E-state index contributed by atoms with van der Waals surface area (Å²) in [4.78, 5) is 10.5. The number of nitriles is 1. The van der Waals surface area contributed by atoms with Crippen molar-refractivity contribution in [2.75, 3.05) is 6.61 Å². The molecule has 0 aliphatic carbocycles. The lowest BCUT2D eigenvalue weighted by atomic mass is 10.2. The summed E-state index contributed by atoms with van der Waals surface area (Å²) in [5, 5.41) is 8.18. The SMILES string of the molecule is CCOC(=O)[C@H](C)C#N. The van der Waals surface area contributed by atoms with E-state index in [-0.39, 0.29) is 0 Å². The number of esters is 1. The number of ether oxygens (including phenoxy) is 1. The highest BCUT2D eigenvalue weighted by Gasteiger charge is 2.10. The first-order chi connectivity index (χ1) is 4.22. The van der Waals surface area contributed by atoms with Crippen LogP contribution in [0.25, 0.3) is 0 Å². The summed E-state index contributed by atoms with van der Waals surface area (Å²) in [6, 6.07) is 1.77. The molecule has 0 aliphatic rings. The van der Waals surface area contributed by atoms with Crippen LogP contribution in [-0.4, -0.2) is 12.6 Å². The van der Waals surface area contributed by atoms with Gasteiger partial charge in [-0.25, -0.2) is 0 Å². The fraction of sp³-hybridized carbons (Fsp3) is 0.667. The van der Waals surface area contributed by atoms with Crippen LogP contribution in [0.4, 0.5) is 0 Å². The number of rotatable bonds is 2. The molecule has 0 spiro atoms. The summed E-state index contributed by atoms with van der Waals surface area (Å²) in [7, 11) is 0. The van der Waals surface area contributed by atoms with E-state index in [0.717, 1.165) is 0 Å². The number of hydrogen-bond acceptors (Lipinski definition) is 3. The minimum Gasteiger partial charge on any atom is -0.465 e. The molecule has 0 fully saturated rings. The van der Waals surface area contributed by atoms with E-state index < -0.39 is 11.9 Å². The zero-order valence-electron chi connectivity index (χ0n) is 5.55. The van der Waals surface area contributed by atoms with Crippen LogP contribution < -0.4 is 0 Å². The maximum atomic E-state index is 10.5. The van der Waals surface area contributed by atoms with Crippen molar-refractivity contribution in [3.8, 4) is 6.07 Å². The lowest BCUT2D eigenvalue weighted by Crippen LogP contribution is -2.12. The predicted molar refractivity (Wildman–Crippen MR) is 31.4 cm³/mol. The van der Waals surface area contributed by atoms with Gasteiger partial charge >= 0.3 is 5.97 Å². The molecule has 0 aromatic heterocycles. The predicted octanol–water partition coefficient (Wildman–Crippen LogP) is 0.709. The Morgan fingerprint density at radius 2 is 2.44 bits per heavy atom. The summed E-state index contributed by atoms with van der Waals surface area (Å²) >= 11 is 0. The van der Waals surface area contributed by atoms with Gasteiger partial charge in [0.05, 0.1) is 12.7 Å². The quantitative estimate of drug-likeness (QED) is 0.513. The number of hydrogen-bond donors (Lipinski definition) is 0. The van der Waals surface area contributed by atoms with Crippen LogP contribution in [0.5, 0.6) is 0 Å². The molecule has 3 heteroatoms. The van der Waals surface area contributed by atoms with Gasteiger partial charge in [-0.3, -0.25) is 4.79 Å². The van der Waals surface area contributed by atoms with Crippen LogP contribution >= 0.6 is 0 Å². The molecule has 0 N–H and O–H groups in total. The van der Waals surface area contributed by atoms with Crippen LogP contribution in [0.3, 0.4) is 0 Å². The van der Waals surface area contributed by atoms with Gasteiger partial charge < -0.3 is 4.74 Å². The fourth-order valence-corrected chi connectivity index (χ4v) is 0.320. The largest absolute Gasteiger partial charge is 0.465 e. The third kappa shape index (κ3) is 2.70. The van der Waals surface area contributed by atoms with Gasteiger partial charge in [-0.05, 0) is 13.8 Å². The van der Waals surface area contributed by atoms with Gasteiger partial charge in [0.25, 0.3) is 0 Å². The molecule has 0 aromatic carbocycles. The molecule has 0 radical (unpaired) electrons. The van der Waals surface area contributed by atoms with Crippen molar-refractivity contribution in [1.29, 1.82) is 5.26 Å². The fourth-order valence-electron chi connectivity index (χ4n) is 0.320. The van der Waals surface area contributed by atoms with Crippen molar-refractivity contribution in [3.05, 3.63) is 0 Å². The minimum absolute atomic E-state index is 0.338. The Morgan fingerprint density at radius 1 is 1.89 bits per heavy atom. The third-order valence-electron chi connectivity index (χ3n) is 0.834. The average molecular weight is 127 g/mol. The second-order valence-electron chi connectivity index (χ2n) is 1.60. The standard InChI is InChI=1S/C6H9NO2/c1-3-9-6(8)5(2)4-7/h5H,3H2,1-2H3/t5-/m1/s1. The normalized spacial score (nSPS) is 11.7. The van der Waals surface area contributed by atoms with Crippen LogP contribution in [0.1, 0.15) is 13.8 Å². The molecule has 0 saturated carbocycles. The summed E-state index contributed by atoms with van der Waals surface area (Å²) in [6.45, 7) is 3.56. The smallest absolute Gasteiger partial charge is 0.323 e. The Balaban J connectivity index is 3.63. The minimum atomic E-state index is -0.634. The first kappa shape index (κ1) is 7.96. The molecule has 9 heavy (non-hydrogen) atoms. The number of nitrogens with zero attached hydrogens (tertiary/aromatic N) is 1. The van der Waals surface area contributed by atoms with E-state index in [0.29, 0.717) is 6.61 Å². The number of carbonyl (C=O) groups excluding carboxylic acids is 1. The molecule has 0 aromatic rings. The third-order valence-corrected chi connectivity index (χ3v) is 0.834. The van der Waals surface area contributed by atoms with Crippen molar-refractivity contribution >= 4 is 5.97 Å². The Labute approximate surface area is 54.2 Å². The molecule has 0 aliphatic heterocycles. The summed E-state index contributed by atoms with van der Waals surface area (Å²) in [6.07, 6.45) is 0. The molecule has 0 amide bonds. The highest BCUT2D eigenvalue weighted by molar-refractivity contribution is 5.74. The first-order valence-electron chi connectivity index (χ1n) is 2.78. The highest BCUT2D eigenvalue weighted by Crippen LogP contribution is 1.94. The molecular weight excluding hydrogens is 118 g/mol. The molecule has 1 atom stereocenters. The van der Waals surface area contributed by atoms with Crippen molar-refractivity contribution in [1.82, 2.24) is 0 Å². The first-order valence-corrected chi connectivity index (χ1v) is 2.78. The summed E-state index contributed by atoms with van der Waals surface area (Å²) < 4.78 is 4.53. The van der Waals surface area contributed by atoms with E-state index in [4.69, 9.17) is 5.26 Å². The summed E-state index contributed by atoms with van der Waals surface area (Å²) in [5.74, 6) is -1.08. The zero-order chi connectivity index (χ0) is 7.28. The average Bonchev–Trinajstić information content (AvgIpc) is 1.87. The second kappa shape index (κ2) is 3.90. The van der Waals surface area contributed by atoms with E-state index in [1.165, 1.54) is 6.92 Å². The van der Waals surface area contributed by atoms with Gasteiger partial charge in [-0.15, -0.1) is 0 Å². The molecular formula is C6H9NO2. The molecule has 0 rings (SSSR count). The molecule has 0 unspecified atom stereocenters. The van der Waals surface area contributed by atoms with E-state index in [9.17, 15) is 4.79 Å². The van der Waals surface area contributed by atoms with Gasteiger partial charge in [0, 0.05) is 0 Å². The topological polar surface area (TPSA) is 50.1 Å². The van der Waals surface area contributed by atoms with Crippen molar-refractivity contribution in [2.45, 2.75) is 13.8 Å². The Bertz CT molecular complexity index is 136. The van der Waals surface area contributed by atoms with Crippen molar-refractivity contribution in [2.24, 2.45) is 5.92 Å². The maximum Gasteiger partial charge on any atom is 0.323 e. The Hall–Kier alpha value is -1.04. The number of carbonyl (C=O) groups is 1. The van der Waals surface area contributed by atoms with Crippen LogP contribution in [0.15, 0.2) is 0 Å². The van der Waals surface area contributed by atoms with Gasteiger partial charge in [0.15, 0.2) is 0 Å². The molecule has 0 bridgehead atoms. The molecule has 50 valence electrons. The van der Waals surface area contributed by atoms with Crippen LogP contribution in [0, 0.1) is 17.2 Å². The van der Waals surface area contributed by atoms with Gasteiger partial charge in [-0.2, -0.15) is 5.26 Å². The van der Waals surface area contributed by atoms with Gasteiger partial charge in [0.2, 0.25) is 0 Å². The lowest BCUT2D eigenvalue weighted by Gasteiger charge is -1.99. The van der Waals surface area contributed by atoms with Crippen LogP contribution in [0.2, 0.25) is 0 Å². The lowest BCUT2D eigenvalue weighted by molar-refractivity contribution is -0.145. The van der Waals surface area contributed by atoms with Crippen molar-refractivity contribution < 1.29 is 9.53 Å². The monoisotopic (exact) mass is 127 g/mol. The molecule has 3 nitrogen and oxygen atoms in total. The van der Waals surface area contributed by atoms with Gasteiger partial charge in [-0.1, -0.05) is 0 Å². The maximum absolute atomic E-state index is 10.5. The Kier molecular flexibility index (Phi) is 3.45. The second-order valence-corrected chi connectivity index (χ2v) is 1.60. The van der Waals surface area contributed by atoms with Crippen molar-refractivity contribution in [3.63, 3.8) is 0 Å². The van der Waals surface area contributed by atoms with E-state index >= 15 is 0 Å². The Morgan fingerprint density at radius 3 is 2.78 bits per heavy atom. The molecule has 0 saturated heterocycles. The van der Waals surface area contributed by atoms with Gasteiger partial charge in [0.1, 0.15) is 5.92 Å². The van der Waals surface area contributed by atoms with E-state index in [1.807, 2.05) is 0 Å².